The predicted molar refractivity (Wildman–Crippen MR) is 84.1 cm³/mol. The van der Waals surface area contributed by atoms with Gasteiger partial charge in [0, 0.05) is 6.42 Å². The van der Waals surface area contributed by atoms with Crippen molar-refractivity contribution in [2.75, 3.05) is 6.61 Å². The number of carbonyl (C=O) groups excluding carboxylic acids is 1. The van der Waals surface area contributed by atoms with E-state index in [0.717, 1.165) is 17.7 Å². The van der Waals surface area contributed by atoms with E-state index >= 15 is 4.39 Å². The van der Waals surface area contributed by atoms with Crippen LogP contribution in [-0.4, -0.2) is 12.6 Å². The largest absolute Gasteiger partial charge is 0.466 e. The van der Waals surface area contributed by atoms with Crippen molar-refractivity contribution < 1.29 is 22.7 Å². The van der Waals surface area contributed by atoms with Crippen LogP contribution in [0.1, 0.15) is 24.5 Å². The molecular formula is C19H17F3O2. The van der Waals surface area contributed by atoms with Gasteiger partial charge >= 0.3 is 5.97 Å². The highest BCUT2D eigenvalue weighted by Gasteiger charge is 2.62. The average molecular weight is 334 g/mol. The highest BCUT2D eigenvalue weighted by molar-refractivity contribution is 5.81. The molecule has 2 aromatic carbocycles. The van der Waals surface area contributed by atoms with Gasteiger partial charge in [0.05, 0.1) is 18.1 Å². The van der Waals surface area contributed by atoms with Gasteiger partial charge in [0.15, 0.2) is 5.67 Å². The van der Waals surface area contributed by atoms with E-state index in [0.29, 0.717) is 0 Å². The minimum Gasteiger partial charge on any atom is -0.466 e. The topological polar surface area (TPSA) is 26.3 Å². The van der Waals surface area contributed by atoms with Crippen LogP contribution in [0.4, 0.5) is 13.2 Å². The third-order valence-corrected chi connectivity index (χ3v) is 4.32. The van der Waals surface area contributed by atoms with Crippen molar-refractivity contribution >= 4 is 5.97 Å². The van der Waals surface area contributed by atoms with Gasteiger partial charge in [-0.3, -0.25) is 4.79 Å². The van der Waals surface area contributed by atoms with Gasteiger partial charge in [-0.2, -0.15) is 0 Å². The maximum Gasteiger partial charge on any atom is 0.312 e. The molecule has 1 aliphatic rings. The number of halogens is 3. The summed E-state index contributed by atoms with van der Waals surface area (Å²) in [4.78, 5) is 11.8. The van der Waals surface area contributed by atoms with Gasteiger partial charge in [-0.05, 0) is 37.1 Å². The maximum absolute atomic E-state index is 15.3. The fraction of sp³-hybridized carbons (Fsp3) is 0.316. The van der Waals surface area contributed by atoms with E-state index < -0.39 is 29.2 Å². The molecule has 1 saturated carbocycles. The minimum absolute atomic E-state index is 0.0437. The second-order valence-electron chi connectivity index (χ2n) is 6.02. The Kier molecular flexibility index (Phi) is 4.11. The minimum atomic E-state index is -1.95. The Morgan fingerprint density at radius 2 is 1.92 bits per heavy atom. The van der Waals surface area contributed by atoms with Gasteiger partial charge in [-0.15, -0.1) is 0 Å². The van der Waals surface area contributed by atoms with Crippen molar-refractivity contribution in [3.05, 3.63) is 59.2 Å². The Balaban J connectivity index is 2.10. The molecule has 2 aromatic rings. The van der Waals surface area contributed by atoms with Crippen LogP contribution < -0.4 is 0 Å². The second kappa shape index (κ2) is 5.96. The summed E-state index contributed by atoms with van der Waals surface area (Å²) < 4.78 is 48.5. The number of hydrogen-bond donors (Lipinski definition) is 0. The number of ether oxygens (including phenoxy) is 1. The second-order valence-corrected chi connectivity index (χ2v) is 6.02. The molecule has 0 saturated heterocycles. The standard InChI is InChI=1S/C19H17F3O2/c1-3-24-18(23)14-10-19(14,22)13-8-7-11(2)9-12(13)17-15(20)5-4-6-16(17)21/h4-9,14H,3,10H2,1-2H3. The first kappa shape index (κ1) is 16.6. The summed E-state index contributed by atoms with van der Waals surface area (Å²) in [7, 11) is 0. The number of carbonyl (C=O) groups is 1. The Bertz CT molecular complexity index is 783. The molecule has 2 nitrogen and oxygen atoms in total. The van der Waals surface area contributed by atoms with Crippen LogP contribution in [0.15, 0.2) is 36.4 Å². The van der Waals surface area contributed by atoms with Gasteiger partial charge < -0.3 is 4.74 Å². The SMILES string of the molecule is CCOC(=O)C1CC1(F)c1ccc(C)cc1-c1c(F)cccc1F. The third-order valence-electron chi connectivity index (χ3n) is 4.32. The Morgan fingerprint density at radius 1 is 1.25 bits per heavy atom. The highest BCUT2D eigenvalue weighted by atomic mass is 19.1. The zero-order valence-electron chi connectivity index (χ0n) is 13.4. The fourth-order valence-electron chi connectivity index (χ4n) is 3.03. The molecular weight excluding hydrogens is 317 g/mol. The summed E-state index contributed by atoms with van der Waals surface area (Å²) in [6, 6.07) is 8.22. The number of esters is 1. The van der Waals surface area contributed by atoms with Crippen LogP contribution >= 0.6 is 0 Å². The van der Waals surface area contributed by atoms with Gasteiger partial charge in [-0.25, -0.2) is 13.2 Å². The maximum atomic E-state index is 15.3. The molecule has 2 atom stereocenters. The lowest BCUT2D eigenvalue weighted by Gasteiger charge is -2.16. The van der Waals surface area contributed by atoms with Crippen LogP contribution in [0.3, 0.4) is 0 Å². The smallest absolute Gasteiger partial charge is 0.312 e. The molecule has 3 rings (SSSR count). The zero-order valence-corrected chi connectivity index (χ0v) is 13.4. The number of hydrogen-bond acceptors (Lipinski definition) is 2. The highest BCUT2D eigenvalue weighted by Crippen LogP contribution is 2.58. The lowest BCUT2D eigenvalue weighted by atomic mass is 9.92. The van der Waals surface area contributed by atoms with E-state index in [1.165, 1.54) is 12.1 Å². The van der Waals surface area contributed by atoms with Gasteiger partial charge in [-0.1, -0.05) is 29.8 Å². The Hall–Kier alpha value is -2.30. The zero-order chi connectivity index (χ0) is 17.5. The van der Waals surface area contributed by atoms with Gasteiger partial charge in [0.1, 0.15) is 11.6 Å². The monoisotopic (exact) mass is 334 g/mol. The molecule has 0 bridgehead atoms. The molecule has 2 unspecified atom stereocenters. The first-order valence-electron chi connectivity index (χ1n) is 7.79. The van der Waals surface area contributed by atoms with Crippen LogP contribution in [0, 0.1) is 24.5 Å². The predicted octanol–water partition coefficient (Wildman–Crippen LogP) is 4.69. The summed E-state index contributed by atoms with van der Waals surface area (Å²) >= 11 is 0. The molecule has 0 heterocycles. The average Bonchev–Trinajstić information content (AvgIpc) is 3.20. The number of alkyl halides is 1. The molecule has 5 heteroatoms. The van der Waals surface area contributed by atoms with E-state index in [1.807, 2.05) is 0 Å². The van der Waals surface area contributed by atoms with E-state index in [4.69, 9.17) is 4.74 Å². The van der Waals surface area contributed by atoms with Crippen molar-refractivity contribution in [2.45, 2.75) is 25.9 Å². The number of benzene rings is 2. The van der Waals surface area contributed by atoms with Gasteiger partial charge in [0.25, 0.3) is 0 Å². The van der Waals surface area contributed by atoms with Crippen LogP contribution in [-0.2, 0) is 15.2 Å². The summed E-state index contributed by atoms with van der Waals surface area (Å²) in [5.41, 5.74) is -1.23. The first-order valence-corrected chi connectivity index (χ1v) is 7.79. The molecule has 0 amide bonds. The summed E-state index contributed by atoms with van der Waals surface area (Å²) in [6.45, 7) is 3.56. The Labute approximate surface area is 138 Å². The number of rotatable bonds is 4. The number of aryl methyl sites for hydroxylation is 1. The fourth-order valence-corrected chi connectivity index (χ4v) is 3.03. The van der Waals surface area contributed by atoms with Crippen LogP contribution in [0.2, 0.25) is 0 Å². The first-order chi connectivity index (χ1) is 11.4. The van der Waals surface area contributed by atoms with Crippen LogP contribution in [0.5, 0.6) is 0 Å². The van der Waals surface area contributed by atoms with Gasteiger partial charge in [0.2, 0.25) is 0 Å². The van der Waals surface area contributed by atoms with Crippen molar-refractivity contribution in [1.82, 2.24) is 0 Å². The molecule has 0 aliphatic heterocycles. The van der Waals surface area contributed by atoms with Crippen molar-refractivity contribution in [2.24, 2.45) is 5.92 Å². The van der Waals surface area contributed by atoms with E-state index in [-0.39, 0.29) is 29.7 Å². The summed E-state index contributed by atoms with van der Waals surface area (Å²) in [5.74, 6) is -3.09. The lowest BCUT2D eigenvalue weighted by molar-refractivity contribution is -0.145. The quantitative estimate of drug-likeness (QED) is 0.759. The van der Waals surface area contributed by atoms with E-state index in [2.05, 4.69) is 0 Å². The third kappa shape index (κ3) is 2.68. The summed E-state index contributed by atoms with van der Waals surface area (Å²) in [6.07, 6.45) is -0.0437. The van der Waals surface area contributed by atoms with Crippen molar-refractivity contribution in [3.8, 4) is 11.1 Å². The Morgan fingerprint density at radius 3 is 2.54 bits per heavy atom. The van der Waals surface area contributed by atoms with Crippen molar-refractivity contribution in [1.29, 1.82) is 0 Å². The molecule has 0 N–H and O–H groups in total. The van der Waals surface area contributed by atoms with Crippen LogP contribution in [0.25, 0.3) is 11.1 Å². The normalized spacial score (nSPS) is 22.3. The molecule has 0 radical (unpaired) electrons. The molecule has 1 aliphatic carbocycles. The molecule has 1 fully saturated rings. The van der Waals surface area contributed by atoms with Crippen molar-refractivity contribution in [3.63, 3.8) is 0 Å². The lowest BCUT2D eigenvalue weighted by Crippen LogP contribution is -2.15. The molecule has 24 heavy (non-hydrogen) atoms. The summed E-state index contributed by atoms with van der Waals surface area (Å²) in [5, 5.41) is 0. The molecule has 0 spiro atoms. The molecule has 126 valence electrons. The molecule has 0 aromatic heterocycles. The van der Waals surface area contributed by atoms with E-state index in [1.54, 1.807) is 26.0 Å². The van der Waals surface area contributed by atoms with E-state index in [9.17, 15) is 13.6 Å².